The molecule has 1 aromatic heterocycles. The maximum absolute atomic E-state index is 12.4. The molecule has 0 aliphatic carbocycles. The highest BCUT2D eigenvalue weighted by atomic mass is 16.5. The van der Waals surface area contributed by atoms with Crippen molar-refractivity contribution < 1.29 is 9.32 Å². The zero-order valence-electron chi connectivity index (χ0n) is 10.0. The number of amides is 1. The van der Waals surface area contributed by atoms with E-state index in [9.17, 15) is 4.79 Å². The van der Waals surface area contributed by atoms with Gasteiger partial charge in [0.1, 0.15) is 11.3 Å². The Morgan fingerprint density at radius 1 is 1.50 bits per heavy atom. The van der Waals surface area contributed by atoms with Crippen LogP contribution >= 0.6 is 0 Å². The summed E-state index contributed by atoms with van der Waals surface area (Å²) in [4.78, 5) is 14.1. The fourth-order valence-electron chi connectivity index (χ4n) is 2.32. The zero-order chi connectivity index (χ0) is 12.7. The lowest BCUT2D eigenvalue weighted by molar-refractivity contribution is 0.0988. The van der Waals surface area contributed by atoms with Gasteiger partial charge in [0.15, 0.2) is 0 Å². The van der Waals surface area contributed by atoms with Gasteiger partial charge in [-0.25, -0.2) is 0 Å². The van der Waals surface area contributed by atoms with Crippen molar-refractivity contribution >= 4 is 17.3 Å². The lowest BCUT2D eigenvalue weighted by Gasteiger charge is -2.16. The monoisotopic (exact) mass is 243 g/mol. The number of benzene rings is 1. The van der Waals surface area contributed by atoms with Crippen LogP contribution in [0.25, 0.3) is 0 Å². The normalized spacial score (nSPS) is 13.7. The van der Waals surface area contributed by atoms with Gasteiger partial charge >= 0.3 is 0 Å². The molecule has 18 heavy (non-hydrogen) atoms. The van der Waals surface area contributed by atoms with E-state index in [2.05, 4.69) is 5.16 Å². The van der Waals surface area contributed by atoms with E-state index in [0.29, 0.717) is 17.9 Å². The van der Waals surface area contributed by atoms with E-state index in [1.54, 1.807) is 11.8 Å². The number of rotatable bonds is 1. The fraction of sp³-hybridized carbons (Fsp3) is 0.231. The molecule has 0 radical (unpaired) electrons. The summed E-state index contributed by atoms with van der Waals surface area (Å²) in [6.07, 6.45) is 2.25. The summed E-state index contributed by atoms with van der Waals surface area (Å²) in [5.41, 5.74) is 9.09. The fourth-order valence-corrected chi connectivity index (χ4v) is 2.32. The van der Waals surface area contributed by atoms with E-state index in [1.807, 2.05) is 18.2 Å². The van der Waals surface area contributed by atoms with Crippen molar-refractivity contribution in [3.05, 3.63) is 41.3 Å². The lowest BCUT2D eigenvalue weighted by atomic mass is 10.1. The zero-order valence-corrected chi connectivity index (χ0v) is 10.0. The highest BCUT2D eigenvalue weighted by Crippen LogP contribution is 2.33. The Labute approximate surface area is 104 Å². The van der Waals surface area contributed by atoms with Crippen molar-refractivity contribution in [2.24, 2.45) is 0 Å². The van der Waals surface area contributed by atoms with E-state index >= 15 is 0 Å². The summed E-state index contributed by atoms with van der Waals surface area (Å²) in [6, 6.07) is 5.64. The van der Waals surface area contributed by atoms with Crippen LogP contribution < -0.4 is 10.6 Å². The number of aryl methyl sites for hydroxylation is 1. The number of fused-ring (bicyclic) bond motifs is 1. The van der Waals surface area contributed by atoms with Crippen molar-refractivity contribution in [2.75, 3.05) is 17.2 Å². The Bertz CT molecular complexity index is 618. The maximum Gasteiger partial charge on any atom is 0.263 e. The molecule has 0 saturated carbocycles. The summed E-state index contributed by atoms with van der Waals surface area (Å²) in [5.74, 6) is 0.454. The van der Waals surface area contributed by atoms with Crippen molar-refractivity contribution in [1.29, 1.82) is 0 Å². The second kappa shape index (κ2) is 3.87. The molecule has 1 amide bonds. The van der Waals surface area contributed by atoms with E-state index in [1.165, 1.54) is 6.20 Å². The molecular formula is C13H13N3O2. The standard InChI is InChI=1S/C13H13N3O2/c1-8-10(7-15-18-8)13(17)16-6-5-9-11(14)3-2-4-12(9)16/h2-4,7H,5-6,14H2,1H3. The van der Waals surface area contributed by atoms with Crippen LogP contribution in [0, 0.1) is 6.92 Å². The summed E-state index contributed by atoms with van der Waals surface area (Å²) >= 11 is 0. The molecule has 0 atom stereocenters. The molecule has 92 valence electrons. The number of aromatic nitrogens is 1. The Morgan fingerprint density at radius 3 is 3.06 bits per heavy atom. The quantitative estimate of drug-likeness (QED) is 0.775. The highest BCUT2D eigenvalue weighted by molar-refractivity contribution is 6.08. The van der Waals surface area contributed by atoms with Gasteiger partial charge in [0.25, 0.3) is 5.91 Å². The van der Waals surface area contributed by atoms with Gasteiger partial charge in [0.05, 0.1) is 6.20 Å². The topological polar surface area (TPSA) is 72.4 Å². The SMILES string of the molecule is Cc1oncc1C(=O)N1CCc2c(N)cccc21. The number of hydrogen-bond donors (Lipinski definition) is 1. The minimum atomic E-state index is -0.0851. The first-order valence-electron chi connectivity index (χ1n) is 5.79. The Morgan fingerprint density at radius 2 is 2.33 bits per heavy atom. The van der Waals surface area contributed by atoms with Crippen LogP contribution in [-0.4, -0.2) is 17.6 Å². The highest BCUT2D eigenvalue weighted by Gasteiger charge is 2.28. The molecule has 0 fully saturated rings. The number of nitrogens with two attached hydrogens (primary N) is 1. The molecule has 3 rings (SSSR count). The van der Waals surface area contributed by atoms with Crippen molar-refractivity contribution in [2.45, 2.75) is 13.3 Å². The summed E-state index contributed by atoms with van der Waals surface area (Å²) in [6.45, 7) is 2.38. The van der Waals surface area contributed by atoms with Gasteiger partial charge in [-0.15, -0.1) is 0 Å². The predicted molar refractivity (Wildman–Crippen MR) is 67.5 cm³/mol. The summed E-state index contributed by atoms with van der Waals surface area (Å²) in [5, 5.41) is 3.64. The number of hydrogen-bond acceptors (Lipinski definition) is 4. The molecule has 0 unspecified atom stereocenters. The first-order chi connectivity index (χ1) is 8.68. The molecule has 1 aliphatic rings. The third-order valence-corrected chi connectivity index (χ3v) is 3.29. The number of carbonyl (C=O) groups excluding carboxylic acids is 1. The minimum absolute atomic E-state index is 0.0851. The van der Waals surface area contributed by atoms with Gasteiger partial charge in [0.2, 0.25) is 0 Å². The van der Waals surface area contributed by atoms with Gasteiger partial charge in [-0.05, 0) is 25.5 Å². The molecule has 2 N–H and O–H groups in total. The second-order valence-electron chi connectivity index (χ2n) is 4.35. The third-order valence-electron chi connectivity index (χ3n) is 3.29. The minimum Gasteiger partial charge on any atom is -0.398 e. The van der Waals surface area contributed by atoms with Gasteiger partial charge in [-0.2, -0.15) is 0 Å². The summed E-state index contributed by atoms with van der Waals surface area (Å²) in [7, 11) is 0. The Hall–Kier alpha value is -2.30. The number of carbonyl (C=O) groups is 1. The smallest absolute Gasteiger partial charge is 0.263 e. The third kappa shape index (κ3) is 1.48. The molecule has 2 heterocycles. The van der Waals surface area contributed by atoms with E-state index < -0.39 is 0 Å². The second-order valence-corrected chi connectivity index (χ2v) is 4.35. The number of nitrogens with zero attached hydrogens (tertiary/aromatic N) is 2. The average molecular weight is 243 g/mol. The Balaban J connectivity index is 2.00. The molecule has 0 bridgehead atoms. The molecule has 1 aliphatic heterocycles. The van der Waals surface area contributed by atoms with Crippen molar-refractivity contribution in [1.82, 2.24) is 5.16 Å². The average Bonchev–Trinajstić information content (AvgIpc) is 2.95. The first-order valence-corrected chi connectivity index (χ1v) is 5.79. The largest absolute Gasteiger partial charge is 0.398 e. The predicted octanol–water partition coefficient (Wildman–Crippen LogP) is 1.77. The van der Waals surface area contributed by atoms with Crippen molar-refractivity contribution in [3.8, 4) is 0 Å². The van der Waals surface area contributed by atoms with Crippen LogP contribution in [-0.2, 0) is 6.42 Å². The number of anilines is 2. The molecule has 0 spiro atoms. The molecule has 5 nitrogen and oxygen atoms in total. The van der Waals surface area contributed by atoms with Gasteiger partial charge < -0.3 is 15.2 Å². The molecule has 2 aromatic rings. The van der Waals surface area contributed by atoms with E-state index in [-0.39, 0.29) is 5.91 Å². The van der Waals surface area contributed by atoms with Crippen molar-refractivity contribution in [3.63, 3.8) is 0 Å². The maximum atomic E-state index is 12.4. The van der Waals surface area contributed by atoms with Gasteiger partial charge in [0, 0.05) is 23.5 Å². The lowest BCUT2D eigenvalue weighted by Crippen LogP contribution is -2.29. The van der Waals surface area contributed by atoms with Gasteiger partial charge in [-0.1, -0.05) is 11.2 Å². The van der Waals surface area contributed by atoms with Crippen LogP contribution in [0.4, 0.5) is 11.4 Å². The van der Waals surface area contributed by atoms with Gasteiger partial charge in [-0.3, -0.25) is 4.79 Å². The number of nitrogen functional groups attached to an aromatic ring is 1. The van der Waals surface area contributed by atoms with Crippen LogP contribution in [0.15, 0.2) is 28.9 Å². The Kier molecular flexibility index (Phi) is 2.33. The van der Waals surface area contributed by atoms with Crippen LogP contribution in [0.1, 0.15) is 21.7 Å². The molecule has 1 aromatic carbocycles. The molecule has 5 heteroatoms. The van der Waals surface area contributed by atoms with Crippen LogP contribution in [0.2, 0.25) is 0 Å². The first kappa shape index (κ1) is 10.8. The van der Waals surface area contributed by atoms with Crippen LogP contribution in [0.3, 0.4) is 0 Å². The molecule has 0 saturated heterocycles. The van der Waals surface area contributed by atoms with Crippen LogP contribution in [0.5, 0.6) is 0 Å². The van der Waals surface area contributed by atoms with E-state index in [4.69, 9.17) is 10.3 Å². The van der Waals surface area contributed by atoms with E-state index in [0.717, 1.165) is 23.4 Å². The molecular weight excluding hydrogens is 230 g/mol. The summed E-state index contributed by atoms with van der Waals surface area (Å²) < 4.78 is 4.93.